The van der Waals surface area contributed by atoms with Crippen molar-refractivity contribution in [3.05, 3.63) is 65.2 Å². The summed E-state index contributed by atoms with van der Waals surface area (Å²) in [5.74, 6) is -1.64. The molecule has 0 aromatic heterocycles. The van der Waals surface area contributed by atoms with Crippen molar-refractivity contribution < 1.29 is 14.7 Å². The third kappa shape index (κ3) is 3.66. The lowest BCUT2D eigenvalue weighted by molar-refractivity contribution is -0.129. The van der Waals surface area contributed by atoms with E-state index in [9.17, 15) is 14.7 Å². The highest BCUT2D eigenvalue weighted by Gasteiger charge is 2.35. The maximum atomic E-state index is 12.9. The molecule has 0 bridgehead atoms. The van der Waals surface area contributed by atoms with E-state index in [1.165, 1.54) is 11.3 Å². The van der Waals surface area contributed by atoms with Crippen LogP contribution in [0.2, 0.25) is 0 Å². The molecule has 0 radical (unpaired) electrons. The first-order valence-corrected chi connectivity index (χ1v) is 9.90. The van der Waals surface area contributed by atoms with Crippen molar-refractivity contribution in [3.63, 3.8) is 0 Å². The van der Waals surface area contributed by atoms with Crippen LogP contribution in [0.5, 0.6) is 0 Å². The lowest BCUT2D eigenvalue weighted by atomic mass is 10.0. The molecule has 6 heteroatoms. The van der Waals surface area contributed by atoms with Crippen LogP contribution in [-0.4, -0.2) is 35.8 Å². The van der Waals surface area contributed by atoms with Crippen LogP contribution in [0, 0.1) is 0 Å². The third-order valence-electron chi connectivity index (χ3n) is 5.27. The zero-order valence-corrected chi connectivity index (χ0v) is 16.3. The average Bonchev–Trinajstić information content (AvgIpc) is 3.28. The molecular formula is C23H23N3O3. The Balaban J connectivity index is 1.65. The quantitative estimate of drug-likeness (QED) is 0.764. The number of carboxylic acid groups (broad SMARTS) is 1. The molecule has 1 N–H and O–H groups in total. The number of para-hydroxylation sites is 1. The minimum atomic E-state index is -1.21. The zero-order valence-electron chi connectivity index (χ0n) is 16.3. The number of nitrogens with zero attached hydrogens (tertiary/aromatic N) is 3. The van der Waals surface area contributed by atoms with Gasteiger partial charge in [0.15, 0.2) is 5.71 Å². The van der Waals surface area contributed by atoms with Crippen molar-refractivity contribution in [1.82, 2.24) is 0 Å². The van der Waals surface area contributed by atoms with E-state index in [1.807, 2.05) is 18.2 Å². The van der Waals surface area contributed by atoms with E-state index in [0.717, 1.165) is 42.9 Å². The van der Waals surface area contributed by atoms with Gasteiger partial charge in [-0.25, -0.2) is 4.79 Å². The van der Waals surface area contributed by atoms with Gasteiger partial charge in [0.25, 0.3) is 5.91 Å². The molecule has 2 heterocycles. The van der Waals surface area contributed by atoms with E-state index in [4.69, 9.17) is 0 Å². The van der Waals surface area contributed by atoms with Gasteiger partial charge < -0.3 is 10.0 Å². The molecule has 6 nitrogen and oxygen atoms in total. The molecule has 29 heavy (non-hydrogen) atoms. The van der Waals surface area contributed by atoms with Gasteiger partial charge in [0.2, 0.25) is 0 Å². The molecule has 0 spiro atoms. The van der Waals surface area contributed by atoms with Gasteiger partial charge in [-0.1, -0.05) is 37.6 Å². The van der Waals surface area contributed by atoms with Crippen LogP contribution in [0.4, 0.5) is 11.4 Å². The average molecular weight is 389 g/mol. The van der Waals surface area contributed by atoms with Crippen LogP contribution in [0.1, 0.15) is 30.9 Å². The molecule has 4 rings (SSSR count). The van der Waals surface area contributed by atoms with Crippen LogP contribution < -0.4 is 9.91 Å². The van der Waals surface area contributed by atoms with Crippen molar-refractivity contribution in [3.8, 4) is 0 Å². The highest BCUT2D eigenvalue weighted by atomic mass is 16.4. The number of fused-ring (bicyclic) bond motifs is 1. The minimum absolute atomic E-state index is 0.0992. The molecule has 2 aromatic rings. The van der Waals surface area contributed by atoms with Gasteiger partial charge in [0.05, 0.1) is 11.3 Å². The summed E-state index contributed by atoms with van der Waals surface area (Å²) in [5, 5.41) is 14.8. The lowest BCUT2D eigenvalue weighted by Crippen LogP contribution is -2.22. The van der Waals surface area contributed by atoms with Crippen molar-refractivity contribution >= 4 is 35.0 Å². The highest BCUT2D eigenvalue weighted by molar-refractivity contribution is 6.53. The van der Waals surface area contributed by atoms with E-state index in [2.05, 4.69) is 23.0 Å². The SMILES string of the molecule is CCCCN1CCc2cc(C=C3C(=O)N(c4ccccc4)N=C3C(=O)O)ccc21. The van der Waals surface area contributed by atoms with Gasteiger partial charge in [-0.15, -0.1) is 0 Å². The normalized spacial score (nSPS) is 17.1. The van der Waals surface area contributed by atoms with Crippen LogP contribution in [0.15, 0.2) is 59.2 Å². The number of unbranched alkanes of at least 4 members (excludes halogenated alkanes) is 1. The highest BCUT2D eigenvalue weighted by Crippen LogP contribution is 2.31. The van der Waals surface area contributed by atoms with E-state index in [-0.39, 0.29) is 11.3 Å². The Morgan fingerprint density at radius 1 is 1.21 bits per heavy atom. The Morgan fingerprint density at radius 3 is 2.72 bits per heavy atom. The summed E-state index contributed by atoms with van der Waals surface area (Å²) >= 11 is 0. The summed E-state index contributed by atoms with van der Waals surface area (Å²) in [6.45, 7) is 4.23. The predicted molar refractivity (Wildman–Crippen MR) is 114 cm³/mol. The van der Waals surface area contributed by atoms with Crippen LogP contribution in [-0.2, 0) is 16.0 Å². The number of aliphatic carboxylic acids is 1. The summed E-state index contributed by atoms with van der Waals surface area (Å²) in [5.41, 5.74) is 3.69. The van der Waals surface area contributed by atoms with Gasteiger partial charge in [0.1, 0.15) is 0 Å². The molecule has 0 saturated carbocycles. The largest absolute Gasteiger partial charge is 0.476 e. The number of carbonyl (C=O) groups excluding carboxylic acids is 1. The Labute approximate surface area is 169 Å². The number of hydrogen-bond acceptors (Lipinski definition) is 4. The van der Waals surface area contributed by atoms with Crippen molar-refractivity contribution in [2.45, 2.75) is 26.2 Å². The third-order valence-corrected chi connectivity index (χ3v) is 5.27. The predicted octanol–water partition coefficient (Wildman–Crippen LogP) is 3.72. The standard InChI is InChI=1S/C23H23N3O3/c1-2-3-12-25-13-11-17-14-16(9-10-20(17)25)15-19-21(23(28)29)24-26(22(19)27)18-7-5-4-6-8-18/h4-10,14-15H,2-3,11-13H2,1H3,(H,28,29). The first kappa shape index (κ1) is 18.9. The van der Waals surface area contributed by atoms with E-state index in [0.29, 0.717) is 5.69 Å². The Bertz CT molecular complexity index is 1010. The van der Waals surface area contributed by atoms with Gasteiger partial charge in [-0.05, 0) is 54.3 Å². The summed E-state index contributed by atoms with van der Waals surface area (Å²) < 4.78 is 0. The fourth-order valence-electron chi connectivity index (χ4n) is 3.77. The number of rotatable bonds is 6. The molecule has 0 atom stereocenters. The lowest BCUT2D eigenvalue weighted by Gasteiger charge is -2.18. The fourth-order valence-corrected chi connectivity index (χ4v) is 3.77. The van der Waals surface area contributed by atoms with Gasteiger partial charge in [-0.3, -0.25) is 4.79 Å². The monoisotopic (exact) mass is 389 g/mol. The smallest absolute Gasteiger partial charge is 0.357 e. The van der Waals surface area contributed by atoms with Crippen molar-refractivity contribution in [1.29, 1.82) is 0 Å². The molecule has 1 amide bonds. The second-order valence-electron chi connectivity index (χ2n) is 7.24. The van der Waals surface area contributed by atoms with E-state index in [1.54, 1.807) is 30.3 Å². The Hall–Kier alpha value is -3.41. The van der Waals surface area contributed by atoms with Crippen molar-refractivity contribution in [2.24, 2.45) is 5.10 Å². The number of hydrogen-bond donors (Lipinski definition) is 1. The van der Waals surface area contributed by atoms with E-state index >= 15 is 0 Å². The second kappa shape index (κ2) is 7.91. The summed E-state index contributed by atoms with van der Waals surface area (Å²) in [7, 11) is 0. The number of benzene rings is 2. The molecule has 0 aliphatic carbocycles. The molecule has 0 unspecified atom stereocenters. The number of anilines is 2. The van der Waals surface area contributed by atoms with E-state index < -0.39 is 11.9 Å². The summed E-state index contributed by atoms with van der Waals surface area (Å²) in [4.78, 5) is 27.0. The van der Waals surface area contributed by atoms with Crippen LogP contribution in [0.25, 0.3) is 6.08 Å². The van der Waals surface area contributed by atoms with Crippen LogP contribution >= 0.6 is 0 Å². The fraction of sp³-hybridized carbons (Fsp3) is 0.261. The first-order chi connectivity index (χ1) is 14.1. The molecular weight excluding hydrogens is 366 g/mol. The van der Waals surface area contributed by atoms with Crippen LogP contribution in [0.3, 0.4) is 0 Å². The molecule has 148 valence electrons. The number of carboxylic acids is 1. The van der Waals surface area contributed by atoms with Gasteiger partial charge >= 0.3 is 5.97 Å². The summed E-state index contributed by atoms with van der Waals surface area (Å²) in [6.07, 6.45) is 4.91. The molecule has 2 aromatic carbocycles. The molecule has 2 aliphatic rings. The maximum absolute atomic E-state index is 12.9. The van der Waals surface area contributed by atoms with Gasteiger partial charge in [-0.2, -0.15) is 10.1 Å². The number of hydrazone groups is 1. The van der Waals surface area contributed by atoms with Gasteiger partial charge in [0, 0.05) is 18.8 Å². The summed E-state index contributed by atoms with van der Waals surface area (Å²) in [6, 6.07) is 14.9. The molecule has 2 aliphatic heterocycles. The minimum Gasteiger partial charge on any atom is -0.476 e. The molecule has 0 saturated heterocycles. The topological polar surface area (TPSA) is 73.2 Å². The number of amides is 1. The molecule has 0 fully saturated rings. The van der Waals surface area contributed by atoms with Crippen molar-refractivity contribution in [2.75, 3.05) is 23.0 Å². The number of carbonyl (C=O) groups is 2. The maximum Gasteiger partial charge on any atom is 0.357 e. The Morgan fingerprint density at radius 2 is 2.00 bits per heavy atom. The zero-order chi connectivity index (χ0) is 20.4. The second-order valence-corrected chi connectivity index (χ2v) is 7.24. The Kier molecular flexibility index (Phi) is 5.16. The first-order valence-electron chi connectivity index (χ1n) is 9.90.